The quantitative estimate of drug-likeness (QED) is 0.852. The minimum absolute atomic E-state index is 0.311. The van der Waals surface area contributed by atoms with Crippen LogP contribution in [0.4, 0.5) is 5.69 Å². The Hall–Kier alpha value is -2.15. The Balaban J connectivity index is 1.85. The molecule has 1 atom stereocenters. The number of amides is 1. The van der Waals surface area contributed by atoms with Crippen molar-refractivity contribution in [1.82, 2.24) is 9.78 Å². The monoisotopic (exact) mass is 335 g/mol. The fourth-order valence-electron chi connectivity index (χ4n) is 2.02. The SMILES string of the molecule is Cn1cc(C(=O)OC2C(=O)Nc3cc(Br)ccc32)cn1. The first-order valence-corrected chi connectivity index (χ1v) is 6.64. The van der Waals surface area contributed by atoms with E-state index >= 15 is 0 Å². The summed E-state index contributed by atoms with van der Waals surface area (Å²) in [5.74, 6) is -0.927. The summed E-state index contributed by atoms with van der Waals surface area (Å²) < 4.78 is 7.61. The van der Waals surface area contributed by atoms with E-state index in [9.17, 15) is 9.59 Å². The molecule has 1 aliphatic heterocycles. The van der Waals surface area contributed by atoms with E-state index in [0.29, 0.717) is 16.8 Å². The number of anilines is 1. The normalized spacial score (nSPS) is 16.7. The molecule has 0 aliphatic carbocycles. The highest BCUT2D eigenvalue weighted by molar-refractivity contribution is 9.10. The number of ether oxygens (including phenoxy) is 1. The molecule has 0 radical (unpaired) electrons. The minimum Gasteiger partial charge on any atom is -0.444 e. The maximum Gasteiger partial charge on any atom is 0.342 e. The van der Waals surface area contributed by atoms with Crippen molar-refractivity contribution in [3.05, 3.63) is 46.2 Å². The number of nitrogens with zero attached hydrogens (tertiary/aromatic N) is 2. The molecule has 0 saturated heterocycles. The predicted molar refractivity (Wildman–Crippen MR) is 74.1 cm³/mol. The van der Waals surface area contributed by atoms with Gasteiger partial charge in [-0.25, -0.2) is 4.79 Å². The summed E-state index contributed by atoms with van der Waals surface area (Å²) in [6, 6.07) is 5.31. The Morgan fingerprint density at radius 2 is 2.30 bits per heavy atom. The van der Waals surface area contributed by atoms with Crippen molar-refractivity contribution in [2.45, 2.75) is 6.10 Å². The number of hydrogen-bond donors (Lipinski definition) is 1. The van der Waals surface area contributed by atoms with Crippen LogP contribution in [-0.2, 0) is 16.6 Å². The average Bonchev–Trinajstić information content (AvgIpc) is 2.94. The zero-order valence-corrected chi connectivity index (χ0v) is 12.0. The van der Waals surface area contributed by atoms with E-state index in [1.807, 2.05) is 0 Å². The van der Waals surface area contributed by atoms with Crippen LogP contribution >= 0.6 is 15.9 Å². The van der Waals surface area contributed by atoms with Gasteiger partial charge >= 0.3 is 5.97 Å². The van der Waals surface area contributed by atoms with Gasteiger partial charge in [0.15, 0.2) is 0 Å². The van der Waals surface area contributed by atoms with Crippen LogP contribution in [0.2, 0.25) is 0 Å². The van der Waals surface area contributed by atoms with E-state index in [1.165, 1.54) is 17.1 Å². The molecular weight excluding hydrogens is 326 g/mol. The molecular formula is C13H10BrN3O3. The van der Waals surface area contributed by atoms with Gasteiger partial charge in [0.05, 0.1) is 11.8 Å². The lowest BCUT2D eigenvalue weighted by molar-refractivity contribution is -0.124. The highest BCUT2D eigenvalue weighted by atomic mass is 79.9. The molecule has 1 aliphatic rings. The van der Waals surface area contributed by atoms with Crippen molar-refractivity contribution in [2.75, 3.05) is 5.32 Å². The zero-order valence-electron chi connectivity index (χ0n) is 10.5. The van der Waals surface area contributed by atoms with Crippen LogP contribution in [0.3, 0.4) is 0 Å². The maximum absolute atomic E-state index is 12.0. The van der Waals surface area contributed by atoms with Gasteiger partial charge in [-0.3, -0.25) is 9.48 Å². The van der Waals surface area contributed by atoms with Crippen molar-refractivity contribution >= 4 is 33.5 Å². The van der Waals surface area contributed by atoms with Gasteiger partial charge < -0.3 is 10.1 Å². The number of benzene rings is 1. The van der Waals surface area contributed by atoms with Crippen molar-refractivity contribution in [3.8, 4) is 0 Å². The van der Waals surface area contributed by atoms with Crippen molar-refractivity contribution in [1.29, 1.82) is 0 Å². The van der Waals surface area contributed by atoms with Gasteiger partial charge in [-0.2, -0.15) is 5.10 Å². The molecule has 0 saturated carbocycles. The Kier molecular flexibility index (Phi) is 3.06. The van der Waals surface area contributed by atoms with E-state index in [-0.39, 0.29) is 5.91 Å². The fraction of sp³-hybridized carbons (Fsp3) is 0.154. The molecule has 102 valence electrons. The molecule has 0 bridgehead atoms. The van der Waals surface area contributed by atoms with Crippen molar-refractivity contribution in [2.24, 2.45) is 7.05 Å². The predicted octanol–water partition coefficient (Wildman–Crippen LogP) is 2.03. The van der Waals surface area contributed by atoms with Gasteiger partial charge in [0.25, 0.3) is 5.91 Å². The van der Waals surface area contributed by atoms with Crippen LogP contribution in [0.15, 0.2) is 35.1 Å². The summed E-state index contributed by atoms with van der Waals surface area (Å²) in [6.45, 7) is 0. The fourth-order valence-corrected chi connectivity index (χ4v) is 2.38. The van der Waals surface area contributed by atoms with Crippen LogP contribution in [0.25, 0.3) is 0 Å². The highest BCUT2D eigenvalue weighted by Crippen LogP contribution is 2.35. The molecule has 7 heteroatoms. The van der Waals surface area contributed by atoms with Crippen LogP contribution in [0.5, 0.6) is 0 Å². The molecule has 1 unspecified atom stereocenters. The Morgan fingerprint density at radius 3 is 3.00 bits per heavy atom. The smallest absolute Gasteiger partial charge is 0.342 e. The second-order valence-corrected chi connectivity index (χ2v) is 5.32. The van der Waals surface area contributed by atoms with Crippen LogP contribution in [0, 0.1) is 0 Å². The Labute approximate surface area is 122 Å². The number of carbonyl (C=O) groups excluding carboxylic acids is 2. The van der Waals surface area contributed by atoms with E-state index < -0.39 is 12.1 Å². The second-order valence-electron chi connectivity index (χ2n) is 4.41. The maximum atomic E-state index is 12.0. The van der Waals surface area contributed by atoms with Crippen LogP contribution in [-0.4, -0.2) is 21.7 Å². The van der Waals surface area contributed by atoms with Crippen molar-refractivity contribution in [3.63, 3.8) is 0 Å². The largest absolute Gasteiger partial charge is 0.444 e. The third-order valence-electron chi connectivity index (χ3n) is 2.96. The molecule has 0 spiro atoms. The third-order valence-corrected chi connectivity index (χ3v) is 3.45. The minimum atomic E-state index is -0.925. The number of aryl methyl sites for hydroxylation is 1. The summed E-state index contributed by atoms with van der Waals surface area (Å²) in [7, 11) is 1.70. The number of rotatable bonds is 2. The van der Waals surface area contributed by atoms with Gasteiger partial charge in [-0.1, -0.05) is 22.0 Å². The molecule has 1 aromatic carbocycles. The number of hydrogen-bond acceptors (Lipinski definition) is 4. The lowest BCUT2D eigenvalue weighted by Crippen LogP contribution is -2.18. The standard InChI is InChI=1S/C13H10BrN3O3/c1-17-6-7(5-15-17)13(19)20-11-9-3-2-8(14)4-10(9)16-12(11)18/h2-6,11H,1H3,(H,16,18). The number of fused-ring (bicyclic) bond motifs is 1. The average molecular weight is 336 g/mol. The van der Waals surface area contributed by atoms with E-state index in [4.69, 9.17) is 4.74 Å². The molecule has 1 aromatic heterocycles. The summed E-state index contributed by atoms with van der Waals surface area (Å²) in [5.41, 5.74) is 1.61. The first kappa shape index (κ1) is 12.9. The number of halogens is 1. The number of nitrogens with one attached hydrogen (secondary N) is 1. The van der Waals surface area contributed by atoms with Gasteiger partial charge in [0, 0.05) is 29.0 Å². The van der Waals surface area contributed by atoms with Gasteiger partial charge in [0.1, 0.15) is 0 Å². The molecule has 2 heterocycles. The number of esters is 1. The first-order valence-electron chi connectivity index (χ1n) is 5.84. The topological polar surface area (TPSA) is 73.2 Å². The number of carbonyl (C=O) groups is 2. The molecule has 0 fully saturated rings. The first-order chi connectivity index (χ1) is 9.54. The van der Waals surface area contributed by atoms with Gasteiger partial charge in [-0.15, -0.1) is 0 Å². The summed E-state index contributed by atoms with van der Waals surface area (Å²) >= 11 is 3.32. The molecule has 1 amide bonds. The summed E-state index contributed by atoms with van der Waals surface area (Å²) in [4.78, 5) is 23.9. The second kappa shape index (κ2) is 4.75. The van der Waals surface area contributed by atoms with E-state index in [0.717, 1.165) is 4.47 Å². The third kappa shape index (κ3) is 2.20. The highest BCUT2D eigenvalue weighted by Gasteiger charge is 2.34. The van der Waals surface area contributed by atoms with E-state index in [1.54, 1.807) is 25.2 Å². The molecule has 6 nitrogen and oxygen atoms in total. The summed E-state index contributed by atoms with van der Waals surface area (Å²) in [6.07, 6.45) is 2.01. The van der Waals surface area contributed by atoms with E-state index in [2.05, 4.69) is 26.3 Å². The number of aromatic nitrogens is 2. The lowest BCUT2D eigenvalue weighted by Gasteiger charge is -2.09. The zero-order chi connectivity index (χ0) is 14.3. The van der Waals surface area contributed by atoms with Gasteiger partial charge in [-0.05, 0) is 12.1 Å². The molecule has 20 heavy (non-hydrogen) atoms. The Bertz CT molecular complexity index is 711. The van der Waals surface area contributed by atoms with Crippen LogP contribution in [0.1, 0.15) is 22.0 Å². The summed E-state index contributed by atoms with van der Waals surface area (Å²) in [5, 5.41) is 6.58. The van der Waals surface area contributed by atoms with Crippen molar-refractivity contribution < 1.29 is 14.3 Å². The van der Waals surface area contributed by atoms with Gasteiger partial charge in [0.2, 0.25) is 6.10 Å². The Morgan fingerprint density at radius 1 is 1.50 bits per heavy atom. The molecule has 2 aromatic rings. The lowest BCUT2D eigenvalue weighted by atomic mass is 10.1. The van der Waals surface area contributed by atoms with Crippen LogP contribution < -0.4 is 5.32 Å². The molecule has 3 rings (SSSR count). The molecule has 1 N–H and O–H groups in total.